The lowest BCUT2D eigenvalue weighted by Crippen LogP contribution is -2.50. The molecule has 32 heavy (non-hydrogen) atoms. The van der Waals surface area contributed by atoms with Gasteiger partial charge < -0.3 is 15.0 Å². The molecule has 1 saturated carbocycles. The first kappa shape index (κ1) is 24.9. The number of hydrogen-bond acceptors (Lipinski definition) is 3. The lowest BCUT2D eigenvalue weighted by Gasteiger charge is -2.30. The standard InChI is InChI=1S/C24H27BrCl2N2O3/c1-15-12-18(10-11-20(15)25)32-14-23(30)29(13-19-21(26)8-5-9-22(19)27)16(2)24(31)28-17-6-3-4-7-17/h5,8-12,16-17H,3-4,6-7,13-14H2,1-2H3,(H,28,31). The number of carbonyl (C=O) groups is 2. The van der Waals surface area contributed by atoms with Crippen molar-refractivity contribution in [1.29, 1.82) is 0 Å². The van der Waals surface area contributed by atoms with E-state index in [9.17, 15) is 9.59 Å². The Labute approximate surface area is 207 Å². The van der Waals surface area contributed by atoms with Gasteiger partial charge in [0.25, 0.3) is 5.91 Å². The van der Waals surface area contributed by atoms with Crippen LogP contribution in [0.3, 0.4) is 0 Å². The van der Waals surface area contributed by atoms with E-state index in [-0.39, 0.29) is 31.0 Å². The van der Waals surface area contributed by atoms with Crippen LogP contribution in [0.5, 0.6) is 5.75 Å². The number of hydrogen-bond donors (Lipinski definition) is 1. The van der Waals surface area contributed by atoms with Crippen LogP contribution in [0.15, 0.2) is 40.9 Å². The summed E-state index contributed by atoms with van der Waals surface area (Å²) in [4.78, 5) is 27.6. The zero-order chi connectivity index (χ0) is 23.3. The molecule has 8 heteroatoms. The summed E-state index contributed by atoms with van der Waals surface area (Å²) in [6, 6.07) is 10.1. The minimum Gasteiger partial charge on any atom is -0.484 e. The molecule has 2 amide bonds. The van der Waals surface area contributed by atoms with Crippen molar-refractivity contribution in [2.24, 2.45) is 0 Å². The topological polar surface area (TPSA) is 58.6 Å². The Kier molecular flexibility index (Phi) is 8.86. The Morgan fingerprint density at radius 1 is 1.19 bits per heavy atom. The number of halogens is 3. The maximum atomic E-state index is 13.2. The molecule has 1 atom stereocenters. The Morgan fingerprint density at radius 2 is 1.84 bits per heavy atom. The number of rotatable bonds is 8. The predicted octanol–water partition coefficient (Wildman–Crippen LogP) is 5.92. The fraction of sp³-hybridized carbons (Fsp3) is 0.417. The molecule has 0 bridgehead atoms. The van der Waals surface area contributed by atoms with Crippen molar-refractivity contribution in [3.63, 3.8) is 0 Å². The molecule has 1 fully saturated rings. The zero-order valence-corrected chi connectivity index (χ0v) is 21.3. The van der Waals surface area contributed by atoms with Crippen LogP contribution in [0.1, 0.15) is 43.7 Å². The van der Waals surface area contributed by atoms with Crippen LogP contribution in [-0.2, 0) is 16.1 Å². The van der Waals surface area contributed by atoms with E-state index in [2.05, 4.69) is 21.2 Å². The predicted molar refractivity (Wildman–Crippen MR) is 131 cm³/mol. The number of amides is 2. The molecule has 0 aromatic heterocycles. The molecule has 0 spiro atoms. The number of benzene rings is 2. The second kappa shape index (κ2) is 11.4. The van der Waals surface area contributed by atoms with E-state index in [1.807, 2.05) is 19.1 Å². The highest BCUT2D eigenvalue weighted by molar-refractivity contribution is 9.10. The summed E-state index contributed by atoms with van der Waals surface area (Å²) in [6.07, 6.45) is 4.15. The molecule has 5 nitrogen and oxygen atoms in total. The molecule has 1 aliphatic rings. The Morgan fingerprint density at radius 3 is 2.47 bits per heavy atom. The van der Waals surface area contributed by atoms with Crippen LogP contribution in [-0.4, -0.2) is 35.4 Å². The molecule has 0 aliphatic heterocycles. The number of aryl methyl sites for hydroxylation is 1. The molecule has 1 aliphatic carbocycles. The van der Waals surface area contributed by atoms with Gasteiger partial charge in [-0.25, -0.2) is 0 Å². The quantitative estimate of drug-likeness (QED) is 0.451. The van der Waals surface area contributed by atoms with Crippen molar-refractivity contribution in [3.8, 4) is 5.75 Å². The van der Waals surface area contributed by atoms with Crippen molar-refractivity contribution in [1.82, 2.24) is 10.2 Å². The number of nitrogens with one attached hydrogen (secondary N) is 1. The monoisotopic (exact) mass is 540 g/mol. The van der Waals surface area contributed by atoms with E-state index in [0.29, 0.717) is 21.4 Å². The lowest BCUT2D eigenvalue weighted by atomic mass is 10.1. The maximum absolute atomic E-state index is 13.2. The third kappa shape index (κ3) is 6.40. The fourth-order valence-electron chi connectivity index (χ4n) is 3.76. The molecular formula is C24H27BrCl2N2O3. The molecule has 2 aromatic rings. The van der Waals surface area contributed by atoms with E-state index in [1.165, 1.54) is 4.90 Å². The van der Waals surface area contributed by atoms with Crippen LogP contribution < -0.4 is 10.1 Å². The van der Waals surface area contributed by atoms with E-state index < -0.39 is 6.04 Å². The molecule has 0 saturated heterocycles. The fourth-order valence-corrected chi connectivity index (χ4v) is 4.53. The minimum atomic E-state index is -0.703. The van der Waals surface area contributed by atoms with E-state index >= 15 is 0 Å². The summed E-state index contributed by atoms with van der Waals surface area (Å²) in [5.41, 5.74) is 1.60. The normalized spacial score (nSPS) is 14.8. The molecule has 0 heterocycles. The third-order valence-corrected chi connectivity index (χ3v) is 7.35. The van der Waals surface area contributed by atoms with E-state index in [0.717, 1.165) is 35.7 Å². The first-order chi connectivity index (χ1) is 15.3. The average molecular weight is 542 g/mol. The van der Waals surface area contributed by atoms with Crippen molar-refractivity contribution in [2.75, 3.05) is 6.61 Å². The molecule has 2 aromatic carbocycles. The average Bonchev–Trinajstić information content (AvgIpc) is 3.27. The van der Waals surface area contributed by atoms with Gasteiger partial charge in [-0.2, -0.15) is 0 Å². The first-order valence-electron chi connectivity index (χ1n) is 10.7. The molecule has 3 rings (SSSR count). The number of carbonyl (C=O) groups excluding carboxylic acids is 2. The Balaban J connectivity index is 1.77. The number of ether oxygens (including phenoxy) is 1. The molecule has 1 unspecified atom stereocenters. The van der Waals surface area contributed by atoms with Gasteiger partial charge in [-0.05, 0) is 62.6 Å². The van der Waals surface area contributed by atoms with Crippen LogP contribution >= 0.6 is 39.1 Å². The highest BCUT2D eigenvalue weighted by atomic mass is 79.9. The van der Waals surface area contributed by atoms with Gasteiger partial charge >= 0.3 is 0 Å². The van der Waals surface area contributed by atoms with Gasteiger partial charge in [0.1, 0.15) is 11.8 Å². The summed E-state index contributed by atoms with van der Waals surface area (Å²) >= 11 is 16.1. The van der Waals surface area contributed by atoms with Gasteiger partial charge in [0, 0.05) is 32.7 Å². The van der Waals surface area contributed by atoms with Crippen LogP contribution in [0.2, 0.25) is 10.0 Å². The van der Waals surface area contributed by atoms with Crippen molar-refractivity contribution in [3.05, 3.63) is 62.0 Å². The van der Waals surface area contributed by atoms with Crippen LogP contribution in [0, 0.1) is 6.92 Å². The smallest absolute Gasteiger partial charge is 0.261 e. The largest absolute Gasteiger partial charge is 0.484 e. The van der Waals surface area contributed by atoms with Crippen molar-refractivity contribution in [2.45, 2.75) is 58.2 Å². The Hall–Kier alpha value is -1.76. The van der Waals surface area contributed by atoms with Crippen molar-refractivity contribution >= 4 is 50.9 Å². The van der Waals surface area contributed by atoms with Gasteiger partial charge in [-0.15, -0.1) is 0 Å². The SMILES string of the molecule is Cc1cc(OCC(=O)N(Cc2c(Cl)cccc2Cl)C(C)C(=O)NC2CCCC2)ccc1Br. The highest BCUT2D eigenvalue weighted by Gasteiger charge is 2.29. The van der Waals surface area contributed by atoms with Gasteiger partial charge in [-0.3, -0.25) is 9.59 Å². The van der Waals surface area contributed by atoms with E-state index in [4.69, 9.17) is 27.9 Å². The van der Waals surface area contributed by atoms with Gasteiger partial charge in [-0.1, -0.05) is 58.0 Å². The summed E-state index contributed by atoms with van der Waals surface area (Å²) < 4.78 is 6.70. The van der Waals surface area contributed by atoms with Crippen molar-refractivity contribution < 1.29 is 14.3 Å². The van der Waals surface area contributed by atoms with E-state index in [1.54, 1.807) is 31.2 Å². The highest BCUT2D eigenvalue weighted by Crippen LogP contribution is 2.27. The van der Waals surface area contributed by atoms with Crippen LogP contribution in [0.4, 0.5) is 0 Å². The minimum absolute atomic E-state index is 0.110. The lowest BCUT2D eigenvalue weighted by molar-refractivity contribution is -0.142. The summed E-state index contributed by atoms with van der Waals surface area (Å²) in [7, 11) is 0. The second-order valence-electron chi connectivity index (χ2n) is 8.09. The zero-order valence-electron chi connectivity index (χ0n) is 18.2. The van der Waals surface area contributed by atoms with Crippen LogP contribution in [0.25, 0.3) is 0 Å². The summed E-state index contributed by atoms with van der Waals surface area (Å²) in [5, 5.41) is 3.97. The third-order valence-electron chi connectivity index (χ3n) is 5.75. The van der Waals surface area contributed by atoms with Gasteiger partial charge in [0.15, 0.2) is 6.61 Å². The number of nitrogens with zero attached hydrogens (tertiary/aromatic N) is 1. The van der Waals surface area contributed by atoms with Gasteiger partial charge in [0.2, 0.25) is 5.91 Å². The molecule has 1 N–H and O–H groups in total. The molecular weight excluding hydrogens is 515 g/mol. The molecule has 0 radical (unpaired) electrons. The first-order valence-corrected chi connectivity index (χ1v) is 12.2. The maximum Gasteiger partial charge on any atom is 0.261 e. The summed E-state index contributed by atoms with van der Waals surface area (Å²) in [5.74, 6) is 0.0707. The second-order valence-corrected chi connectivity index (χ2v) is 9.76. The Bertz CT molecular complexity index is 959. The van der Waals surface area contributed by atoms with Gasteiger partial charge in [0.05, 0.1) is 0 Å². The molecule has 172 valence electrons. The summed E-state index contributed by atoms with van der Waals surface area (Å²) in [6.45, 7) is 3.57.